The first-order chi connectivity index (χ1) is 12.0. The van der Waals surface area contributed by atoms with E-state index in [1.807, 2.05) is 9.80 Å². The highest BCUT2D eigenvalue weighted by Gasteiger charge is 2.27. The molecule has 2 aliphatic rings. The average molecular weight is 348 g/mol. The Hall–Kier alpha value is -1.89. The molecule has 0 aromatic carbocycles. The van der Waals surface area contributed by atoms with Crippen LogP contribution in [0.1, 0.15) is 41.9 Å². The molecule has 25 heavy (non-hydrogen) atoms. The molecule has 2 saturated heterocycles. The molecule has 2 aliphatic heterocycles. The third-order valence-electron chi connectivity index (χ3n) is 5.28. The van der Waals surface area contributed by atoms with E-state index in [9.17, 15) is 9.59 Å². The van der Waals surface area contributed by atoms with Crippen molar-refractivity contribution in [3.63, 3.8) is 0 Å². The maximum absolute atomic E-state index is 12.5. The van der Waals surface area contributed by atoms with E-state index >= 15 is 0 Å². The van der Waals surface area contributed by atoms with Crippen LogP contribution in [0.4, 0.5) is 0 Å². The third kappa shape index (κ3) is 4.60. The summed E-state index contributed by atoms with van der Waals surface area (Å²) in [6.07, 6.45) is 3.50. The summed E-state index contributed by atoms with van der Waals surface area (Å²) in [4.78, 5) is 31.0. The lowest BCUT2D eigenvalue weighted by Gasteiger charge is -2.34. The van der Waals surface area contributed by atoms with Gasteiger partial charge in [-0.15, -0.1) is 0 Å². The van der Waals surface area contributed by atoms with Crippen LogP contribution in [-0.2, 0) is 4.79 Å². The van der Waals surface area contributed by atoms with Gasteiger partial charge in [0.15, 0.2) is 5.69 Å². The summed E-state index contributed by atoms with van der Waals surface area (Å²) in [5, 5.41) is 3.83. The van der Waals surface area contributed by atoms with Gasteiger partial charge in [0.25, 0.3) is 5.91 Å². The summed E-state index contributed by atoms with van der Waals surface area (Å²) >= 11 is 0. The Bertz CT molecular complexity index is 607. The molecule has 138 valence electrons. The number of aromatic nitrogens is 1. The minimum atomic E-state index is -0.0630. The molecule has 1 unspecified atom stereocenters. The molecule has 0 spiro atoms. The molecule has 0 N–H and O–H groups in total. The van der Waals surface area contributed by atoms with Gasteiger partial charge in [0.05, 0.1) is 0 Å². The highest BCUT2D eigenvalue weighted by atomic mass is 16.5. The summed E-state index contributed by atoms with van der Waals surface area (Å²) < 4.78 is 5.01. The van der Waals surface area contributed by atoms with Crippen LogP contribution in [0.2, 0.25) is 0 Å². The topological polar surface area (TPSA) is 69.9 Å². The van der Waals surface area contributed by atoms with Gasteiger partial charge in [0, 0.05) is 51.8 Å². The number of aryl methyl sites for hydroxylation is 1. The van der Waals surface area contributed by atoms with Crippen LogP contribution < -0.4 is 0 Å². The van der Waals surface area contributed by atoms with Crippen molar-refractivity contribution in [1.29, 1.82) is 0 Å². The standard InChI is InChI=1S/C18H28N4O3/c1-14-12-16(19-25-14)18(24)22-7-3-4-15(13-22)5-6-17(23)21-10-8-20(2)9-11-21/h12,15H,3-11,13H2,1-2H3. The Balaban J connectivity index is 1.47. The smallest absolute Gasteiger partial charge is 0.276 e. The molecule has 1 atom stereocenters. The van der Waals surface area contributed by atoms with Crippen LogP contribution >= 0.6 is 0 Å². The number of carbonyl (C=O) groups excluding carboxylic acids is 2. The van der Waals surface area contributed by atoms with Crippen molar-refractivity contribution in [3.8, 4) is 0 Å². The van der Waals surface area contributed by atoms with Crippen molar-refractivity contribution in [3.05, 3.63) is 17.5 Å². The maximum atomic E-state index is 12.5. The lowest BCUT2D eigenvalue weighted by Crippen LogP contribution is -2.47. The number of carbonyl (C=O) groups is 2. The number of likely N-dealkylation sites (tertiary alicyclic amines) is 1. The average Bonchev–Trinajstić information content (AvgIpc) is 3.06. The van der Waals surface area contributed by atoms with Crippen molar-refractivity contribution in [2.45, 2.75) is 32.6 Å². The fraction of sp³-hybridized carbons (Fsp3) is 0.722. The molecule has 0 saturated carbocycles. The second-order valence-corrected chi connectivity index (χ2v) is 7.30. The fourth-order valence-electron chi connectivity index (χ4n) is 3.66. The lowest BCUT2D eigenvalue weighted by atomic mass is 9.93. The van der Waals surface area contributed by atoms with E-state index in [-0.39, 0.29) is 11.8 Å². The van der Waals surface area contributed by atoms with Crippen LogP contribution in [0.3, 0.4) is 0 Å². The van der Waals surface area contributed by atoms with Gasteiger partial charge in [-0.05, 0) is 39.2 Å². The zero-order valence-corrected chi connectivity index (χ0v) is 15.2. The zero-order chi connectivity index (χ0) is 17.8. The van der Waals surface area contributed by atoms with Crippen molar-refractivity contribution in [2.24, 2.45) is 5.92 Å². The highest BCUT2D eigenvalue weighted by molar-refractivity contribution is 5.92. The fourth-order valence-corrected chi connectivity index (χ4v) is 3.66. The van der Waals surface area contributed by atoms with Gasteiger partial charge in [0.1, 0.15) is 5.76 Å². The van der Waals surface area contributed by atoms with E-state index in [1.165, 1.54) is 0 Å². The summed E-state index contributed by atoms with van der Waals surface area (Å²) in [7, 11) is 2.09. The zero-order valence-electron chi connectivity index (χ0n) is 15.2. The summed E-state index contributed by atoms with van der Waals surface area (Å²) in [6, 6.07) is 1.68. The number of piperidine rings is 1. The minimum Gasteiger partial charge on any atom is -0.361 e. The van der Waals surface area contributed by atoms with Crippen LogP contribution in [0.5, 0.6) is 0 Å². The van der Waals surface area contributed by atoms with Crippen LogP contribution in [0.25, 0.3) is 0 Å². The second kappa shape index (κ2) is 7.99. The van der Waals surface area contributed by atoms with E-state index in [4.69, 9.17) is 4.52 Å². The Morgan fingerprint density at radius 2 is 1.96 bits per heavy atom. The van der Waals surface area contributed by atoms with Gasteiger partial charge in [0.2, 0.25) is 5.91 Å². The SMILES string of the molecule is Cc1cc(C(=O)N2CCCC(CCC(=O)N3CCN(C)CC3)C2)no1. The number of piperazine rings is 1. The minimum absolute atomic E-state index is 0.0630. The lowest BCUT2D eigenvalue weighted by molar-refractivity contribution is -0.133. The number of hydrogen-bond donors (Lipinski definition) is 0. The first-order valence-corrected chi connectivity index (χ1v) is 9.22. The van der Waals surface area contributed by atoms with Gasteiger partial charge < -0.3 is 19.2 Å². The van der Waals surface area contributed by atoms with E-state index in [0.717, 1.165) is 52.0 Å². The van der Waals surface area contributed by atoms with Gasteiger partial charge in [-0.2, -0.15) is 0 Å². The summed E-state index contributed by atoms with van der Waals surface area (Å²) in [5.41, 5.74) is 0.381. The molecule has 7 heteroatoms. The van der Waals surface area contributed by atoms with Gasteiger partial charge in [-0.1, -0.05) is 5.16 Å². The molecule has 7 nitrogen and oxygen atoms in total. The van der Waals surface area contributed by atoms with Crippen molar-refractivity contribution in [1.82, 2.24) is 19.9 Å². The third-order valence-corrected chi connectivity index (χ3v) is 5.28. The molecule has 0 bridgehead atoms. The summed E-state index contributed by atoms with van der Waals surface area (Å²) in [5.74, 6) is 1.23. The Morgan fingerprint density at radius 1 is 1.20 bits per heavy atom. The molecule has 0 aliphatic carbocycles. The predicted octanol–water partition coefficient (Wildman–Crippen LogP) is 1.39. The van der Waals surface area contributed by atoms with E-state index < -0.39 is 0 Å². The molecule has 2 fully saturated rings. The maximum Gasteiger partial charge on any atom is 0.276 e. The quantitative estimate of drug-likeness (QED) is 0.822. The first-order valence-electron chi connectivity index (χ1n) is 9.22. The molecular weight excluding hydrogens is 320 g/mol. The largest absolute Gasteiger partial charge is 0.361 e. The first kappa shape index (κ1) is 17.9. The monoisotopic (exact) mass is 348 g/mol. The predicted molar refractivity (Wildman–Crippen MR) is 93.2 cm³/mol. The molecular formula is C18H28N4O3. The molecule has 1 aromatic rings. The van der Waals surface area contributed by atoms with Crippen molar-refractivity contribution < 1.29 is 14.1 Å². The number of likely N-dealkylation sites (N-methyl/N-ethyl adjacent to an activating group) is 1. The van der Waals surface area contributed by atoms with Gasteiger partial charge >= 0.3 is 0 Å². The van der Waals surface area contributed by atoms with Crippen molar-refractivity contribution in [2.75, 3.05) is 46.3 Å². The number of nitrogens with zero attached hydrogens (tertiary/aromatic N) is 4. The molecule has 3 rings (SSSR count). The second-order valence-electron chi connectivity index (χ2n) is 7.30. The van der Waals surface area contributed by atoms with Crippen LogP contribution in [-0.4, -0.2) is 78.0 Å². The van der Waals surface area contributed by atoms with Gasteiger partial charge in [-0.3, -0.25) is 9.59 Å². The number of amides is 2. The normalized spacial score (nSPS) is 22.2. The Morgan fingerprint density at radius 3 is 2.64 bits per heavy atom. The van der Waals surface area contributed by atoms with Crippen molar-refractivity contribution >= 4 is 11.8 Å². The number of rotatable bonds is 4. The van der Waals surface area contributed by atoms with Gasteiger partial charge in [-0.25, -0.2) is 0 Å². The molecule has 3 heterocycles. The molecule has 1 aromatic heterocycles. The number of hydrogen-bond acceptors (Lipinski definition) is 5. The Labute approximate surface area is 148 Å². The van der Waals surface area contributed by atoms with Crippen LogP contribution in [0.15, 0.2) is 10.6 Å². The molecule has 0 radical (unpaired) electrons. The molecule has 2 amide bonds. The highest BCUT2D eigenvalue weighted by Crippen LogP contribution is 2.23. The van der Waals surface area contributed by atoms with Crippen LogP contribution in [0, 0.1) is 12.8 Å². The van der Waals surface area contributed by atoms with E-state index in [2.05, 4.69) is 17.1 Å². The van der Waals surface area contributed by atoms with E-state index in [1.54, 1.807) is 13.0 Å². The summed E-state index contributed by atoms with van der Waals surface area (Å²) in [6.45, 7) is 6.82. The Kier molecular flexibility index (Phi) is 5.73. The van der Waals surface area contributed by atoms with E-state index in [0.29, 0.717) is 30.3 Å².